The van der Waals surface area contributed by atoms with Crippen LogP contribution in [0.3, 0.4) is 0 Å². The van der Waals surface area contributed by atoms with Crippen LogP contribution in [0.15, 0.2) is 42.6 Å². The average Bonchev–Trinajstić information content (AvgIpc) is 3.78. The SMILES string of the molecule is Oc1cc(-c2ncc3c(N4C[C@H]5CC[C@@H](C4)N5)nc(OCC45CCCN4C4CCC5C4)nc3c2F)c2ccccc2c1. The number of hydrogen-bond donors (Lipinski definition) is 2. The molecule has 4 aromatic rings. The second kappa shape index (κ2) is 9.22. The van der Waals surface area contributed by atoms with Crippen molar-refractivity contribution in [2.45, 2.75) is 68.6 Å². The number of piperazine rings is 1. The minimum Gasteiger partial charge on any atom is -0.508 e. The number of phenolic OH excluding ortho intramolecular Hbond substituents is 1. The Morgan fingerprint density at radius 1 is 1.05 bits per heavy atom. The molecule has 2 aromatic heterocycles. The molecule has 4 saturated heterocycles. The second-order valence-electron chi connectivity index (χ2n) is 13.1. The number of aromatic hydroxyl groups is 1. The summed E-state index contributed by atoms with van der Waals surface area (Å²) in [4.78, 5) is 19.3. The number of nitrogens with one attached hydrogen (secondary N) is 1. The summed E-state index contributed by atoms with van der Waals surface area (Å²) in [7, 11) is 0. The number of anilines is 1. The average molecular weight is 567 g/mol. The van der Waals surface area contributed by atoms with E-state index in [1.807, 2.05) is 24.3 Å². The van der Waals surface area contributed by atoms with Crippen LogP contribution in [-0.2, 0) is 0 Å². The monoisotopic (exact) mass is 566 g/mol. The summed E-state index contributed by atoms with van der Waals surface area (Å²) in [5.74, 6) is 0.900. The first-order valence-electron chi connectivity index (χ1n) is 15.5. The molecule has 8 nitrogen and oxygen atoms in total. The number of piperidine rings is 1. The predicted molar refractivity (Wildman–Crippen MR) is 159 cm³/mol. The highest BCUT2D eigenvalue weighted by atomic mass is 19.1. The Balaban J connectivity index is 1.16. The number of benzene rings is 2. The smallest absolute Gasteiger partial charge is 0.319 e. The highest BCUT2D eigenvalue weighted by molar-refractivity contribution is 5.99. The number of nitrogens with zero attached hydrogens (tertiary/aromatic N) is 5. The zero-order valence-electron chi connectivity index (χ0n) is 23.6. The van der Waals surface area contributed by atoms with Gasteiger partial charge in [-0.3, -0.25) is 9.88 Å². The number of ether oxygens (including phenoxy) is 1. The molecule has 2 N–H and O–H groups in total. The van der Waals surface area contributed by atoms with Gasteiger partial charge in [0.1, 0.15) is 29.4 Å². The zero-order chi connectivity index (χ0) is 28.0. The van der Waals surface area contributed by atoms with Crippen LogP contribution in [0.25, 0.3) is 32.9 Å². The molecular weight excluding hydrogens is 531 g/mol. The van der Waals surface area contributed by atoms with Gasteiger partial charge in [-0.05, 0) is 80.3 Å². The molecule has 42 heavy (non-hydrogen) atoms. The molecule has 9 heteroatoms. The van der Waals surface area contributed by atoms with Gasteiger partial charge >= 0.3 is 6.01 Å². The third-order valence-corrected chi connectivity index (χ3v) is 10.9. The molecule has 5 aliphatic rings. The summed E-state index contributed by atoms with van der Waals surface area (Å²) in [6.45, 7) is 3.30. The molecule has 5 atom stereocenters. The molecule has 0 radical (unpaired) electrons. The van der Waals surface area contributed by atoms with Crippen molar-refractivity contribution in [3.8, 4) is 23.0 Å². The van der Waals surface area contributed by atoms with Crippen molar-refractivity contribution in [1.29, 1.82) is 0 Å². The summed E-state index contributed by atoms with van der Waals surface area (Å²) >= 11 is 0. The Hall–Kier alpha value is -3.56. The van der Waals surface area contributed by atoms with Gasteiger partial charge < -0.3 is 20.1 Å². The highest BCUT2D eigenvalue weighted by Gasteiger charge is 2.58. The van der Waals surface area contributed by atoms with E-state index < -0.39 is 5.82 Å². The Kier molecular flexibility index (Phi) is 5.48. The molecule has 2 aromatic carbocycles. The Morgan fingerprint density at radius 3 is 2.79 bits per heavy atom. The minimum absolute atomic E-state index is 0.0536. The Labute approximate surface area is 243 Å². The summed E-state index contributed by atoms with van der Waals surface area (Å²) < 4.78 is 23.2. The van der Waals surface area contributed by atoms with Crippen molar-refractivity contribution in [2.24, 2.45) is 5.92 Å². The van der Waals surface area contributed by atoms with Crippen LogP contribution in [0.5, 0.6) is 11.8 Å². The van der Waals surface area contributed by atoms with E-state index in [0.717, 1.165) is 49.7 Å². The third kappa shape index (κ3) is 3.69. The van der Waals surface area contributed by atoms with Gasteiger partial charge in [-0.25, -0.2) is 4.39 Å². The molecule has 0 amide bonds. The molecule has 1 saturated carbocycles. The standard InChI is InChI=1S/C33H35FN6O2/c34-28-29(26-14-24(41)12-19-4-1-2-5-25(19)26)35-15-27-30(28)37-32(38-31(27)39-16-21-7-8-22(17-39)36-21)42-18-33-10-3-11-40(33)23-9-6-20(33)13-23/h1-2,4-5,12,14-15,20-23,36,41H,3,6-11,13,16-18H2/t20?,21-,22+,23?,33?. The fourth-order valence-corrected chi connectivity index (χ4v) is 9.07. The molecule has 5 fully saturated rings. The maximum Gasteiger partial charge on any atom is 0.319 e. The van der Waals surface area contributed by atoms with Gasteiger partial charge in [0, 0.05) is 43.0 Å². The van der Waals surface area contributed by atoms with Gasteiger partial charge in [-0.2, -0.15) is 9.97 Å². The van der Waals surface area contributed by atoms with E-state index in [1.165, 1.54) is 25.7 Å². The van der Waals surface area contributed by atoms with E-state index in [9.17, 15) is 5.11 Å². The van der Waals surface area contributed by atoms with Gasteiger partial charge in [0.05, 0.1) is 10.9 Å². The second-order valence-corrected chi connectivity index (χ2v) is 13.1. The number of halogens is 1. The van der Waals surface area contributed by atoms with E-state index in [-0.39, 0.29) is 28.5 Å². The van der Waals surface area contributed by atoms with E-state index >= 15 is 4.39 Å². The summed E-state index contributed by atoms with van der Waals surface area (Å²) in [5.41, 5.74) is 0.972. The van der Waals surface area contributed by atoms with Crippen LogP contribution in [0.1, 0.15) is 44.9 Å². The molecule has 4 aliphatic heterocycles. The van der Waals surface area contributed by atoms with E-state index in [4.69, 9.17) is 14.7 Å². The normalized spacial score (nSPS) is 30.1. The third-order valence-electron chi connectivity index (χ3n) is 10.9. The summed E-state index contributed by atoms with van der Waals surface area (Å²) in [5, 5.41) is 16.4. The molecule has 6 heterocycles. The summed E-state index contributed by atoms with van der Waals surface area (Å²) in [6, 6.07) is 12.6. The van der Waals surface area contributed by atoms with Gasteiger partial charge in [0.25, 0.3) is 0 Å². The van der Waals surface area contributed by atoms with Gasteiger partial charge in [0.15, 0.2) is 5.82 Å². The fraction of sp³-hybridized carbons (Fsp3) is 0.485. The lowest BCUT2D eigenvalue weighted by Gasteiger charge is -2.41. The quantitative estimate of drug-likeness (QED) is 0.348. The van der Waals surface area contributed by atoms with Crippen LogP contribution in [-0.4, -0.2) is 74.9 Å². The van der Waals surface area contributed by atoms with Crippen LogP contribution >= 0.6 is 0 Å². The van der Waals surface area contributed by atoms with Gasteiger partial charge in [-0.1, -0.05) is 24.3 Å². The topological polar surface area (TPSA) is 86.6 Å². The lowest BCUT2D eigenvalue weighted by atomic mass is 9.82. The highest BCUT2D eigenvalue weighted by Crippen LogP contribution is 2.54. The van der Waals surface area contributed by atoms with E-state index in [2.05, 4.69) is 20.1 Å². The van der Waals surface area contributed by atoms with Gasteiger partial charge in [-0.15, -0.1) is 0 Å². The molecule has 216 valence electrons. The molecule has 3 unspecified atom stereocenters. The Morgan fingerprint density at radius 2 is 1.90 bits per heavy atom. The van der Waals surface area contributed by atoms with Crippen molar-refractivity contribution < 1.29 is 14.2 Å². The van der Waals surface area contributed by atoms with Crippen molar-refractivity contribution in [2.75, 3.05) is 31.1 Å². The largest absolute Gasteiger partial charge is 0.508 e. The molecule has 9 rings (SSSR count). The van der Waals surface area contributed by atoms with Crippen molar-refractivity contribution in [1.82, 2.24) is 25.2 Å². The van der Waals surface area contributed by atoms with E-state index in [0.29, 0.717) is 47.4 Å². The molecule has 1 aliphatic carbocycles. The van der Waals surface area contributed by atoms with Crippen LogP contribution in [0, 0.1) is 11.7 Å². The van der Waals surface area contributed by atoms with Crippen LogP contribution in [0.4, 0.5) is 10.2 Å². The fourth-order valence-electron chi connectivity index (χ4n) is 9.07. The number of rotatable bonds is 5. The maximum atomic E-state index is 16.7. The van der Waals surface area contributed by atoms with Crippen molar-refractivity contribution >= 4 is 27.5 Å². The molecular formula is C33H35FN6O2. The van der Waals surface area contributed by atoms with Crippen LogP contribution < -0.4 is 15.0 Å². The lowest BCUT2D eigenvalue weighted by Crippen LogP contribution is -2.52. The predicted octanol–water partition coefficient (Wildman–Crippen LogP) is 5.03. The summed E-state index contributed by atoms with van der Waals surface area (Å²) in [6.07, 6.45) is 10.1. The lowest BCUT2D eigenvalue weighted by molar-refractivity contribution is 0.0321. The number of hydrogen-bond acceptors (Lipinski definition) is 8. The first-order valence-corrected chi connectivity index (χ1v) is 15.5. The zero-order valence-corrected chi connectivity index (χ0v) is 23.6. The minimum atomic E-state index is -0.518. The Bertz CT molecular complexity index is 1720. The van der Waals surface area contributed by atoms with Crippen molar-refractivity contribution in [3.63, 3.8) is 0 Å². The first kappa shape index (κ1) is 25.0. The number of pyridine rings is 1. The number of aromatic nitrogens is 3. The number of fused-ring (bicyclic) bond motifs is 9. The maximum absolute atomic E-state index is 16.7. The first-order chi connectivity index (χ1) is 20.6. The van der Waals surface area contributed by atoms with Crippen LogP contribution in [0.2, 0.25) is 0 Å². The van der Waals surface area contributed by atoms with E-state index in [1.54, 1.807) is 18.3 Å². The molecule has 4 bridgehead atoms. The van der Waals surface area contributed by atoms with Crippen molar-refractivity contribution in [3.05, 3.63) is 48.4 Å². The molecule has 0 spiro atoms. The number of phenols is 1. The van der Waals surface area contributed by atoms with Gasteiger partial charge in [0.2, 0.25) is 0 Å².